The summed E-state index contributed by atoms with van der Waals surface area (Å²) in [7, 11) is 0. The molecule has 1 saturated heterocycles. The fourth-order valence-corrected chi connectivity index (χ4v) is 3.46. The van der Waals surface area contributed by atoms with Crippen LogP contribution in [-0.4, -0.2) is 70.5 Å². The molecule has 186 valence electrons. The fourth-order valence-electron chi connectivity index (χ4n) is 3.46. The van der Waals surface area contributed by atoms with Gasteiger partial charge in [0.1, 0.15) is 23.9 Å². The zero-order chi connectivity index (χ0) is 25.3. The summed E-state index contributed by atoms with van der Waals surface area (Å²) >= 11 is 0. The Balaban J connectivity index is 2.18. The molecule has 1 aliphatic heterocycles. The molecule has 1 fully saturated rings. The van der Waals surface area contributed by atoms with E-state index in [4.69, 9.17) is 10.8 Å². The number of amides is 4. The van der Waals surface area contributed by atoms with Crippen LogP contribution in [0, 0.1) is 0 Å². The number of benzene rings is 1. The van der Waals surface area contributed by atoms with E-state index in [-0.39, 0.29) is 30.9 Å². The van der Waals surface area contributed by atoms with Gasteiger partial charge in [-0.15, -0.1) is 0 Å². The molecule has 12 heteroatoms. The summed E-state index contributed by atoms with van der Waals surface area (Å²) in [6.45, 7) is 1.94. The number of nitrogens with two attached hydrogens (primary N) is 1. The number of aromatic hydroxyl groups is 1. The highest BCUT2D eigenvalue weighted by Crippen LogP contribution is 2.13. The number of phenols is 1. The van der Waals surface area contributed by atoms with Gasteiger partial charge < -0.3 is 37.2 Å². The van der Waals surface area contributed by atoms with E-state index in [9.17, 15) is 29.1 Å². The van der Waals surface area contributed by atoms with Crippen LogP contribution >= 0.6 is 0 Å². The van der Waals surface area contributed by atoms with E-state index < -0.39 is 47.9 Å². The number of carbonyl (C=O) groups excluding carboxylic acids is 4. The molecular weight excluding hydrogens is 446 g/mol. The molecule has 1 aliphatic rings. The molecule has 8 N–H and O–H groups in total. The Kier molecular flexibility index (Phi) is 9.80. The highest BCUT2D eigenvalue weighted by Gasteiger charge is 2.31. The van der Waals surface area contributed by atoms with Crippen LogP contribution in [-0.2, 0) is 30.4 Å². The van der Waals surface area contributed by atoms with Crippen molar-refractivity contribution < 1.29 is 34.2 Å². The molecule has 1 aromatic carbocycles. The molecule has 0 spiro atoms. The standard InChI is InChI=1S/C22H31N5O7/c1-12(22(33)34)25-20(31)16(8-9-18(23)29)26-21(32)17(11-13-4-6-14(28)7-5-13)27-19(30)15-3-2-10-24-15/h4-7,12,15-17,24,28H,2-3,8-11H2,1H3,(H2,23,29)(H,25,31)(H,26,32)(H,27,30)(H,33,34). The Bertz CT molecular complexity index is 899. The molecule has 1 heterocycles. The largest absolute Gasteiger partial charge is 0.508 e. The minimum atomic E-state index is -1.27. The molecule has 4 atom stereocenters. The zero-order valence-electron chi connectivity index (χ0n) is 18.9. The molecule has 2 rings (SSSR count). The minimum Gasteiger partial charge on any atom is -0.508 e. The fraction of sp³-hybridized carbons (Fsp3) is 0.500. The van der Waals surface area contributed by atoms with Crippen LogP contribution in [0.1, 0.15) is 38.2 Å². The number of primary amides is 1. The lowest BCUT2D eigenvalue weighted by atomic mass is 10.0. The van der Waals surface area contributed by atoms with Crippen molar-refractivity contribution in [1.82, 2.24) is 21.3 Å². The number of hydrogen-bond donors (Lipinski definition) is 7. The molecular formula is C22H31N5O7. The summed E-state index contributed by atoms with van der Waals surface area (Å²) in [4.78, 5) is 60.7. The van der Waals surface area contributed by atoms with Crippen LogP contribution in [0.3, 0.4) is 0 Å². The van der Waals surface area contributed by atoms with Gasteiger partial charge in [-0.2, -0.15) is 0 Å². The van der Waals surface area contributed by atoms with Crippen LogP contribution in [0.5, 0.6) is 5.75 Å². The van der Waals surface area contributed by atoms with Crippen molar-refractivity contribution in [2.45, 2.75) is 63.2 Å². The van der Waals surface area contributed by atoms with E-state index in [1.807, 2.05) is 0 Å². The van der Waals surface area contributed by atoms with Gasteiger partial charge in [-0.3, -0.25) is 24.0 Å². The number of carbonyl (C=O) groups is 5. The van der Waals surface area contributed by atoms with Crippen LogP contribution in [0.15, 0.2) is 24.3 Å². The van der Waals surface area contributed by atoms with Gasteiger partial charge in [-0.05, 0) is 50.4 Å². The van der Waals surface area contributed by atoms with Gasteiger partial charge in [0.2, 0.25) is 23.6 Å². The van der Waals surface area contributed by atoms with E-state index in [1.54, 1.807) is 12.1 Å². The summed E-state index contributed by atoms with van der Waals surface area (Å²) in [5.74, 6) is -3.77. The highest BCUT2D eigenvalue weighted by molar-refractivity contribution is 5.94. The number of rotatable bonds is 12. The maximum absolute atomic E-state index is 13.1. The molecule has 0 saturated carbocycles. The van der Waals surface area contributed by atoms with Crippen LogP contribution in [0.2, 0.25) is 0 Å². The Hall–Kier alpha value is -3.67. The average molecular weight is 478 g/mol. The third-order valence-electron chi connectivity index (χ3n) is 5.43. The summed E-state index contributed by atoms with van der Waals surface area (Å²) in [6.07, 6.45) is 1.14. The molecule has 4 unspecified atom stereocenters. The number of aliphatic carboxylic acids is 1. The molecule has 12 nitrogen and oxygen atoms in total. The van der Waals surface area contributed by atoms with Gasteiger partial charge in [0.05, 0.1) is 6.04 Å². The topological polar surface area (TPSA) is 200 Å². The zero-order valence-corrected chi connectivity index (χ0v) is 18.9. The first-order valence-corrected chi connectivity index (χ1v) is 11.0. The summed E-state index contributed by atoms with van der Waals surface area (Å²) in [6, 6.07) is 2.11. The lowest BCUT2D eigenvalue weighted by molar-refractivity contribution is -0.142. The Morgan fingerprint density at radius 2 is 1.71 bits per heavy atom. The first kappa shape index (κ1) is 26.6. The highest BCUT2D eigenvalue weighted by atomic mass is 16.4. The molecule has 1 aromatic rings. The maximum atomic E-state index is 13.1. The number of hydrogen-bond acceptors (Lipinski definition) is 7. The number of phenolic OH excluding ortho intramolecular Hbond substituents is 1. The van der Waals surface area contributed by atoms with Crippen molar-refractivity contribution in [3.63, 3.8) is 0 Å². The van der Waals surface area contributed by atoms with Crippen molar-refractivity contribution in [2.75, 3.05) is 6.54 Å². The lowest BCUT2D eigenvalue weighted by Gasteiger charge is -2.25. The molecule has 34 heavy (non-hydrogen) atoms. The lowest BCUT2D eigenvalue weighted by Crippen LogP contribution is -2.57. The van der Waals surface area contributed by atoms with Crippen LogP contribution in [0.25, 0.3) is 0 Å². The van der Waals surface area contributed by atoms with E-state index in [1.165, 1.54) is 19.1 Å². The maximum Gasteiger partial charge on any atom is 0.325 e. The second-order valence-corrected chi connectivity index (χ2v) is 8.22. The van der Waals surface area contributed by atoms with Crippen molar-refractivity contribution in [1.29, 1.82) is 0 Å². The predicted octanol–water partition coefficient (Wildman–Crippen LogP) is -1.49. The second kappa shape index (κ2) is 12.5. The third-order valence-corrected chi connectivity index (χ3v) is 5.43. The second-order valence-electron chi connectivity index (χ2n) is 8.22. The summed E-state index contributed by atoms with van der Waals surface area (Å²) in [5, 5.41) is 29.1. The van der Waals surface area contributed by atoms with Crippen molar-refractivity contribution in [2.24, 2.45) is 5.73 Å². The van der Waals surface area contributed by atoms with Gasteiger partial charge in [0, 0.05) is 12.8 Å². The van der Waals surface area contributed by atoms with E-state index in [2.05, 4.69) is 21.3 Å². The first-order chi connectivity index (χ1) is 16.1. The Morgan fingerprint density at radius 1 is 1.06 bits per heavy atom. The SMILES string of the molecule is CC(NC(=O)C(CCC(N)=O)NC(=O)C(Cc1ccc(O)cc1)NC(=O)C1CCCN1)C(=O)O. The van der Waals surface area contributed by atoms with Gasteiger partial charge in [0.25, 0.3) is 0 Å². The Labute approximate surface area is 196 Å². The van der Waals surface area contributed by atoms with Crippen LogP contribution < -0.4 is 27.0 Å². The van der Waals surface area contributed by atoms with Crippen LogP contribution in [0.4, 0.5) is 0 Å². The normalized spacial score (nSPS) is 17.7. The van der Waals surface area contributed by atoms with E-state index >= 15 is 0 Å². The van der Waals surface area contributed by atoms with Gasteiger partial charge in [-0.1, -0.05) is 12.1 Å². The van der Waals surface area contributed by atoms with Gasteiger partial charge in [0.15, 0.2) is 0 Å². The monoisotopic (exact) mass is 477 g/mol. The smallest absolute Gasteiger partial charge is 0.325 e. The van der Waals surface area contributed by atoms with Gasteiger partial charge in [-0.25, -0.2) is 0 Å². The quantitative estimate of drug-likeness (QED) is 0.189. The summed E-state index contributed by atoms with van der Waals surface area (Å²) in [5.41, 5.74) is 5.82. The van der Waals surface area contributed by atoms with Crippen molar-refractivity contribution in [3.8, 4) is 5.75 Å². The minimum absolute atomic E-state index is 0.0414. The van der Waals surface area contributed by atoms with Crippen molar-refractivity contribution >= 4 is 29.6 Å². The average Bonchev–Trinajstić information content (AvgIpc) is 3.32. The number of carboxylic acid groups (broad SMARTS) is 1. The Morgan fingerprint density at radius 3 is 2.26 bits per heavy atom. The third kappa shape index (κ3) is 8.35. The molecule has 0 aliphatic carbocycles. The summed E-state index contributed by atoms with van der Waals surface area (Å²) < 4.78 is 0. The first-order valence-electron chi connectivity index (χ1n) is 11.0. The van der Waals surface area contributed by atoms with E-state index in [0.717, 1.165) is 6.42 Å². The van der Waals surface area contributed by atoms with Gasteiger partial charge >= 0.3 is 5.97 Å². The van der Waals surface area contributed by atoms with Crippen molar-refractivity contribution in [3.05, 3.63) is 29.8 Å². The number of nitrogens with one attached hydrogen (secondary N) is 4. The van der Waals surface area contributed by atoms with E-state index in [0.29, 0.717) is 18.5 Å². The molecule has 0 bridgehead atoms. The predicted molar refractivity (Wildman–Crippen MR) is 120 cm³/mol. The number of carboxylic acids is 1. The molecule has 0 aromatic heterocycles. The molecule has 0 radical (unpaired) electrons. The molecule has 4 amide bonds.